The minimum absolute atomic E-state index is 0.00782. The third kappa shape index (κ3) is 5.91. The zero-order chi connectivity index (χ0) is 23.8. The molecule has 1 aliphatic heterocycles. The fraction of sp³-hybridized carbons (Fsp3) is 0.857. The predicted octanol–water partition coefficient (Wildman–Crippen LogP) is 2.30. The van der Waals surface area contributed by atoms with E-state index in [0.717, 1.165) is 0 Å². The van der Waals surface area contributed by atoms with Crippen LogP contribution in [0.25, 0.3) is 0 Å². The van der Waals surface area contributed by atoms with Crippen LogP contribution in [0.4, 0.5) is 4.79 Å². The Kier molecular flexibility index (Phi) is 7.07. The Morgan fingerprint density at radius 2 is 1.65 bits per heavy atom. The first-order valence-electron chi connectivity index (χ1n) is 10.9. The third-order valence-corrected chi connectivity index (χ3v) is 6.48. The van der Waals surface area contributed by atoms with Crippen LogP contribution < -0.4 is 16.0 Å². The van der Waals surface area contributed by atoms with Crippen LogP contribution in [0.1, 0.15) is 74.7 Å². The summed E-state index contributed by atoms with van der Waals surface area (Å²) in [4.78, 5) is 36.8. The highest BCUT2D eigenvalue weighted by Gasteiger charge is 2.55. The van der Waals surface area contributed by atoms with E-state index in [1.807, 2.05) is 48.5 Å². The number of carboxylic acid groups (broad SMARTS) is 1. The van der Waals surface area contributed by atoms with Crippen LogP contribution in [0, 0.1) is 5.92 Å². The second-order valence-corrected chi connectivity index (χ2v) is 10.9. The summed E-state index contributed by atoms with van der Waals surface area (Å²) in [6.45, 7) is 14.8. The van der Waals surface area contributed by atoms with Crippen LogP contribution in [0.5, 0.6) is 0 Å². The molecular weight excluding hydrogens is 401 g/mol. The molecule has 4 N–H and O–H groups in total. The molecule has 2 fully saturated rings. The van der Waals surface area contributed by atoms with Crippen LogP contribution in [-0.2, 0) is 18.9 Å². The van der Waals surface area contributed by atoms with Crippen LogP contribution >= 0.6 is 0 Å². The second-order valence-electron chi connectivity index (χ2n) is 10.9. The second kappa shape index (κ2) is 8.62. The molecule has 3 amide bonds. The van der Waals surface area contributed by atoms with E-state index in [1.165, 1.54) is 6.92 Å². The Bertz CT molecular complexity index is 704. The molecule has 0 aromatic rings. The molecule has 0 radical (unpaired) electrons. The molecule has 0 aromatic carbocycles. The summed E-state index contributed by atoms with van der Waals surface area (Å²) in [6, 6.07) is -0.737. The minimum Gasteiger partial charge on any atom is -0.465 e. The Morgan fingerprint density at radius 3 is 2.10 bits per heavy atom. The average Bonchev–Trinajstić information content (AvgIpc) is 2.97. The topological polar surface area (TPSA) is 126 Å². The van der Waals surface area contributed by atoms with Crippen molar-refractivity contribution < 1.29 is 28.8 Å². The van der Waals surface area contributed by atoms with Crippen molar-refractivity contribution in [2.45, 2.75) is 109 Å². The van der Waals surface area contributed by atoms with Gasteiger partial charge in [-0.15, -0.1) is 0 Å². The van der Waals surface area contributed by atoms with Gasteiger partial charge in [0.1, 0.15) is 5.54 Å². The van der Waals surface area contributed by atoms with Crippen molar-refractivity contribution in [3.63, 3.8) is 0 Å². The summed E-state index contributed by atoms with van der Waals surface area (Å²) in [7, 11) is -0.366. The molecule has 1 aliphatic carbocycles. The number of amides is 3. The fourth-order valence-electron chi connectivity index (χ4n) is 4.43. The van der Waals surface area contributed by atoms with E-state index in [1.54, 1.807) is 0 Å². The molecule has 31 heavy (non-hydrogen) atoms. The molecule has 1 saturated heterocycles. The zero-order valence-corrected chi connectivity index (χ0v) is 20.0. The maximum Gasteiger partial charge on any atom is 0.457 e. The molecule has 0 aromatic heterocycles. The van der Waals surface area contributed by atoms with Crippen molar-refractivity contribution in [2.24, 2.45) is 5.92 Å². The Balaban J connectivity index is 2.19. The lowest BCUT2D eigenvalue weighted by Gasteiger charge is -2.37. The summed E-state index contributed by atoms with van der Waals surface area (Å²) in [6.07, 6.45) is 0.838. The monoisotopic (exact) mass is 439 g/mol. The Hall–Kier alpha value is -1.81. The quantitative estimate of drug-likeness (QED) is 0.471. The van der Waals surface area contributed by atoms with Crippen molar-refractivity contribution in [1.82, 2.24) is 16.0 Å². The van der Waals surface area contributed by atoms with Crippen LogP contribution in [-0.4, -0.2) is 58.5 Å². The average molecular weight is 439 g/mol. The van der Waals surface area contributed by atoms with Crippen LogP contribution in [0.2, 0.25) is 6.32 Å². The minimum atomic E-state index is -1.35. The van der Waals surface area contributed by atoms with Gasteiger partial charge in [-0.05, 0) is 73.5 Å². The van der Waals surface area contributed by atoms with Gasteiger partial charge in [0.05, 0.1) is 17.2 Å². The summed E-state index contributed by atoms with van der Waals surface area (Å²) in [5, 5.41) is 17.5. The van der Waals surface area contributed by atoms with E-state index >= 15 is 0 Å². The molecule has 3 atom stereocenters. The van der Waals surface area contributed by atoms with E-state index < -0.39 is 34.4 Å². The maximum absolute atomic E-state index is 13.3. The molecule has 9 nitrogen and oxygen atoms in total. The molecule has 2 aliphatic rings. The smallest absolute Gasteiger partial charge is 0.457 e. The molecule has 2 rings (SSSR count). The van der Waals surface area contributed by atoms with Gasteiger partial charge in [0, 0.05) is 12.5 Å². The van der Waals surface area contributed by atoms with E-state index in [-0.39, 0.29) is 24.9 Å². The van der Waals surface area contributed by atoms with Gasteiger partial charge in [-0.3, -0.25) is 9.59 Å². The zero-order valence-electron chi connectivity index (χ0n) is 20.0. The molecule has 0 bridgehead atoms. The summed E-state index contributed by atoms with van der Waals surface area (Å²) in [5.41, 5.74) is -2.73. The fourth-order valence-corrected chi connectivity index (χ4v) is 4.43. The van der Waals surface area contributed by atoms with Gasteiger partial charge in [0.25, 0.3) is 0 Å². The van der Waals surface area contributed by atoms with E-state index in [2.05, 4.69) is 16.0 Å². The predicted molar refractivity (Wildman–Crippen MR) is 118 cm³/mol. The van der Waals surface area contributed by atoms with Crippen molar-refractivity contribution in [3.05, 3.63) is 0 Å². The highest BCUT2D eigenvalue weighted by Crippen LogP contribution is 2.42. The maximum atomic E-state index is 13.3. The molecule has 3 unspecified atom stereocenters. The number of carbonyl (C=O) groups is 3. The first kappa shape index (κ1) is 25.5. The Labute approximate surface area is 185 Å². The van der Waals surface area contributed by atoms with Crippen molar-refractivity contribution >= 4 is 25.0 Å². The van der Waals surface area contributed by atoms with Crippen molar-refractivity contribution in [3.8, 4) is 0 Å². The lowest BCUT2D eigenvalue weighted by atomic mass is 9.79. The number of hydrogen-bond donors (Lipinski definition) is 4. The van der Waals surface area contributed by atoms with Crippen LogP contribution in [0.3, 0.4) is 0 Å². The number of hydrogen-bond acceptors (Lipinski definition) is 5. The number of nitrogens with one attached hydrogen (secondary N) is 3. The first-order valence-corrected chi connectivity index (χ1v) is 10.9. The largest absolute Gasteiger partial charge is 0.465 e. The standard InChI is InChI=1S/C21H38BN3O6/c1-13(26)24-21(16(27)25-18(2,3)4)12-14(11-15(21)23-17(28)29)9-10-22-30-19(5,6)20(7,8)31-22/h14-15,23H,9-12H2,1-8H3,(H,24,26)(H,25,27)(H,28,29). The van der Waals surface area contributed by atoms with Gasteiger partial charge >= 0.3 is 13.2 Å². The normalized spacial score (nSPS) is 29.5. The Morgan fingerprint density at radius 1 is 1.10 bits per heavy atom. The molecule has 1 heterocycles. The highest BCUT2D eigenvalue weighted by atomic mass is 16.7. The molecule has 0 spiro atoms. The molecule has 10 heteroatoms. The summed E-state index contributed by atoms with van der Waals surface area (Å²) >= 11 is 0. The number of carbonyl (C=O) groups excluding carboxylic acids is 2. The molecule has 1 saturated carbocycles. The molecular formula is C21H38BN3O6. The highest BCUT2D eigenvalue weighted by molar-refractivity contribution is 6.45. The van der Waals surface area contributed by atoms with E-state index in [0.29, 0.717) is 25.6 Å². The SMILES string of the molecule is CC(=O)NC1(C(=O)NC(C)(C)C)CC(CCB2OC(C)(C)C(C)(C)O2)CC1NC(=O)O. The van der Waals surface area contributed by atoms with E-state index in [9.17, 15) is 19.5 Å². The van der Waals surface area contributed by atoms with Gasteiger partial charge in [-0.25, -0.2) is 4.79 Å². The first-order chi connectivity index (χ1) is 14.0. The van der Waals surface area contributed by atoms with Gasteiger partial charge in [-0.1, -0.05) is 6.42 Å². The van der Waals surface area contributed by atoms with Gasteiger partial charge < -0.3 is 30.4 Å². The summed E-state index contributed by atoms with van der Waals surface area (Å²) in [5.74, 6) is -0.756. The molecule has 176 valence electrons. The van der Waals surface area contributed by atoms with Crippen molar-refractivity contribution in [1.29, 1.82) is 0 Å². The van der Waals surface area contributed by atoms with E-state index in [4.69, 9.17) is 9.31 Å². The third-order valence-electron chi connectivity index (χ3n) is 6.48. The van der Waals surface area contributed by atoms with Crippen molar-refractivity contribution in [2.75, 3.05) is 0 Å². The number of rotatable bonds is 6. The van der Waals surface area contributed by atoms with Gasteiger partial charge in [0.2, 0.25) is 11.8 Å². The van der Waals surface area contributed by atoms with Gasteiger partial charge in [-0.2, -0.15) is 0 Å². The summed E-state index contributed by atoms with van der Waals surface area (Å²) < 4.78 is 12.1. The lowest BCUT2D eigenvalue weighted by Crippen LogP contribution is -2.68. The van der Waals surface area contributed by atoms with Gasteiger partial charge in [0.15, 0.2) is 0 Å². The van der Waals surface area contributed by atoms with Crippen LogP contribution in [0.15, 0.2) is 0 Å². The lowest BCUT2D eigenvalue weighted by molar-refractivity contribution is -0.134.